The summed E-state index contributed by atoms with van der Waals surface area (Å²) in [6.07, 6.45) is 2.28. The summed E-state index contributed by atoms with van der Waals surface area (Å²) < 4.78 is 31.7. The van der Waals surface area contributed by atoms with E-state index in [4.69, 9.17) is 15.6 Å². The highest BCUT2D eigenvalue weighted by atomic mass is 19.4. The Balaban J connectivity index is 0.000000370. The summed E-state index contributed by atoms with van der Waals surface area (Å²) in [5.74, 6) is -1.95. The zero-order valence-corrected chi connectivity index (χ0v) is 17.0. The van der Waals surface area contributed by atoms with Crippen LogP contribution in [0.4, 0.5) is 13.2 Å². The van der Waals surface area contributed by atoms with Crippen LogP contribution in [0.3, 0.4) is 0 Å². The Labute approximate surface area is 170 Å². The van der Waals surface area contributed by atoms with E-state index >= 15 is 0 Å². The summed E-state index contributed by atoms with van der Waals surface area (Å²) in [5.41, 5.74) is 10.1. The molecule has 0 radical (unpaired) electrons. The zero-order chi connectivity index (χ0) is 21.6. The number of likely N-dealkylation sites (N-methyl/N-ethyl adjacent to an activating group) is 1. The lowest BCUT2D eigenvalue weighted by atomic mass is 9.98. The summed E-state index contributed by atoms with van der Waals surface area (Å²) in [6, 6.07) is 6.92. The van der Waals surface area contributed by atoms with E-state index in [9.17, 15) is 13.2 Å². The molecule has 2 aliphatic rings. The molecule has 1 saturated heterocycles. The number of hydrogen-bond acceptors (Lipinski definition) is 4. The molecule has 1 saturated carbocycles. The first-order chi connectivity index (χ1) is 13.6. The maximum atomic E-state index is 10.6. The fourth-order valence-corrected chi connectivity index (χ4v) is 3.07. The number of hydrogen-bond donors (Lipinski definition) is 2. The molecule has 8 heteroatoms. The molecule has 1 unspecified atom stereocenters. The van der Waals surface area contributed by atoms with Crippen LogP contribution >= 0.6 is 0 Å². The largest absolute Gasteiger partial charge is 0.490 e. The molecule has 1 aromatic rings. The van der Waals surface area contributed by atoms with Gasteiger partial charge < -0.3 is 15.7 Å². The van der Waals surface area contributed by atoms with Gasteiger partial charge in [0.2, 0.25) is 0 Å². The summed E-state index contributed by atoms with van der Waals surface area (Å²) in [4.78, 5) is 13.8. The molecule has 0 aromatic heterocycles. The Bertz CT molecular complexity index is 708. The molecule has 3 rings (SSSR count). The number of benzene rings is 1. The predicted molar refractivity (Wildman–Crippen MR) is 107 cm³/mol. The molecular formula is C21H30F3N3O2. The van der Waals surface area contributed by atoms with E-state index in [1.807, 2.05) is 0 Å². The van der Waals surface area contributed by atoms with Gasteiger partial charge in [-0.25, -0.2) is 4.79 Å². The van der Waals surface area contributed by atoms with E-state index in [0.29, 0.717) is 0 Å². The fourth-order valence-electron chi connectivity index (χ4n) is 3.07. The molecule has 0 bridgehead atoms. The number of alkyl halides is 3. The number of nitrogens with two attached hydrogens (primary N) is 1. The Kier molecular flexibility index (Phi) is 8.24. The standard InChI is InChI=1S/C19H29N3.C2HF3O2/c1-15(20)19-8-6-17(13-18(19)7-5-16-3-4-16)14-22-11-9-21(2)10-12-22;3-2(4,5)1(6)7/h5-8,13,15-16H,3-4,9-12,14,20H2,1-2H3;(H,6,7)/b7-5+;. The normalized spacial score (nSPS) is 19.7. The maximum Gasteiger partial charge on any atom is 0.490 e. The summed E-state index contributed by atoms with van der Waals surface area (Å²) in [5, 5.41) is 7.12. The Morgan fingerprint density at radius 1 is 1.28 bits per heavy atom. The minimum Gasteiger partial charge on any atom is -0.475 e. The van der Waals surface area contributed by atoms with Crippen LogP contribution in [0.2, 0.25) is 0 Å². The molecule has 3 N–H and O–H groups in total. The van der Waals surface area contributed by atoms with Crippen molar-refractivity contribution in [3.05, 3.63) is 41.0 Å². The molecule has 1 aliphatic carbocycles. The third-order valence-corrected chi connectivity index (χ3v) is 5.06. The second-order valence-corrected chi connectivity index (χ2v) is 7.83. The van der Waals surface area contributed by atoms with Gasteiger partial charge in [0.15, 0.2) is 0 Å². The second-order valence-electron chi connectivity index (χ2n) is 7.83. The number of nitrogens with zero attached hydrogens (tertiary/aromatic N) is 2. The number of carboxylic acid groups (broad SMARTS) is 1. The minimum atomic E-state index is -5.08. The van der Waals surface area contributed by atoms with Crippen LogP contribution in [0.15, 0.2) is 24.3 Å². The van der Waals surface area contributed by atoms with Crippen molar-refractivity contribution in [2.24, 2.45) is 11.7 Å². The van der Waals surface area contributed by atoms with Crippen molar-refractivity contribution in [3.63, 3.8) is 0 Å². The molecular weight excluding hydrogens is 383 g/mol. The molecule has 5 nitrogen and oxygen atoms in total. The topological polar surface area (TPSA) is 69.8 Å². The quantitative estimate of drug-likeness (QED) is 0.773. The van der Waals surface area contributed by atoms with E-state index in [1.54, 1.807) is 0 Å². The molecule has 0 amide bonds. The van der Waals surface area contributed by atoms with Crippen LogP contribution in [-0.4, -0.2) is 60.3 Å². The molecule has 0 spiro atoms. The molecule has 1 aromatic carbocycles. The van der Waals surface area contributed by atoms with Crippen molar-refractivity contribution in [1.82, 2.24) is 9.80 Å². The van der Waals surface area contributed by atoms with Gasteiger partial charge in [-0.1, -0.05) is 30.4 Å². The van der Waals surface area contributed by atoms with Gasteiger partial charge >= 0.3 is 12.1 Å². The van der Waals surface area contributed by atoms with Gasteiger partial charge in [0.1, 0.15) is 0 Å². The van der Waals surface area contributed by atoms with Gasteiger partial charge in [0, 0.05) is 38.8 Å². The van der Waals surface area contributed by atoms with Crippen LogP contribution in [0.25, 0.3) is 6.08 Å². The lowest BCUT2D eigenvalue weighted by Gasteiger charge is -2.32. The number of carbonyl (C=O) groups is 1. The van der Waals surface area contributed by atoms with E-state index in [1.165, 1.54) is 55.7 Å². The highest BCUT2D eigenvalue weighted by molar-refractivity contribution is 5.73. The lowest BCUT2D eigenvalue weighted by Crippen LogP contribution is -2.43. The SMILES string of the molecule is CC(N)c1ccc(CN2CCN(C)CC2)cc1/C=C/C1CC1.O=C(O)C(F)(F)F. The molecule has 1 aliphatic heterocycles. The summed E-state index contributed by atoms with van der Waals surface area (Å²) in [7, 11) is 2.20. The molecule has 1 atom stereocenters. The number of aliphatic carboxylic acids is 1. The highest BCUT2D eigenvalue weighted by Gasteiger charge is 2.38. The van der Waals surface area contributed by atoms with Crippen molar-refractivity contribution in [3.8, 4) is 0 Å². The molecule has 1 heterocycles. The average molecular weight is 413 g/mol. The third-order valence-electron chi connectivity index (χ3n) is 5.06. The van der Waals surface area contributed by atoms with E-state index in [0.717, 1.165) is 12.5 Å². The number of carboxylic acids is 1. The van der Waals surface area contributed by atoms with Gasteiger partial charge in [-0.15, -0.1) is 0 Å². The Morgan fingerprint density at radius 2 is 1.86 bits per heavy atom. The molecule has 29 heavy (non-hydrogen) atoms. The van der Waals surface area contributed by atoms with E-state index in [-0.39, 0.29) is 6.04 Å². The summed E-state index contributed by atoms with van der Waals surface area (Å²) >= 11 is 0. The number of halogens is 3. The monoisotopic (exact) mass is 413 g/mol. The first-order valence-corrected chi connectivity index (χ1v) is 9.84. The van der Waals surface area contributed by atoms with E-state index in [2.05, 4.69) is 54.1 Å². The molecule has 2 fully saturated rings. The average Bonchev–Trinajstić information content (AvgIpc) is 3.46. The van der Waals surface area contributed by atoms with Crippen LogP contribution < -0.4 is 5.73 Å². The zero-order valence-electron chi connectivity index (χ0n) is 17.0. The van der Waals surface area contributed by atoms with Crippen molar-refractivity contribution in [2.75, 3.05) is 33.2 Å². The number of allylic oxidation sites excluding steroid dienone is 1. The first-order valence-electron chi connectivity index (χ1n) is 9.84. The van der Waals surface area contributed by atoms with Gasteiger partial charge in [0.05, 0.1) is 0 Å². The van der Waals surface area contributed by atoms with Gasteiger partial charge in [-0.2, -0.15) is 13.2 Å². The van der Waals surface area contributed by atoms with Crippen LogP contribution in [0.1, 0.15) is 42.5 Å². The van der Waals surface area contributed by atoms with Gasteiger partial charge in [-0.3, -0.25) is 4.90 Å². The Morgan fingerprint density at radius 3 is 2.34 bits per heavy atom. The maximum absolute atomic E-state index is 10.6. The van der Waals surface area contributed by atoms with E-state index < -0.39 is 12.1 Å². The number of piperazine rings is 1. The van der Waals surface area contributed by atoms with Gasteiger partial charge in [0.25, 0.3) is 0 Å². The third kappa shape index (κ3) is 8.16. The highest BCUT2D eigenvalue weighted by Crippen LogP contribution is 2.31. The van der Waals surface area contributed by atoms with Crippen molar-refractivity contribution >= 4 is 12.0 Å². The van der Waals surface area contributed by atoms with Crippen LogP contribution in [0, 0.1) is 5.92 Å². The fraction of sp³-hybridized carbons (Fsp3) is 0.571. The van der Waals surface area contributed by atoms with Crippen molar-refractivity contribution in [1.29, 1.82) is 0 Å². The van der Waals surface area contributed by atoms with Crippen LogP contribution in [0.5, 0.6) is 0 Å². The molecule has 162 valence electrons. The van der Waals surface area contributed by atoms with Gasteiger partial charge in [-0.05, 0) is 49.4 Å². The lowest BCUT2D eigenvalue weighted by molar-refractivity contribution is -0.192. The van der Waals surface area contributed by atoms with Crippen molar-refractivity contribution < 1.29 is 23.1 Å². The predicted octanol–water partition coefficient (Wildman–Crippen LogP) is 3.51. The second kappa shape index (κ2) is 10.2. The smallest absolute Gasteiger partial charge is 0.475 e. The first kappa shape index (κ1) is 23.4. The Hall–Kier alpha value is -1.90. The minimum absolute atomic E-state index is 0.0940. The number of rotatable bonds is 5. The van der Waals surface area contributed by atoms with Crippen molar-refractivity contribution in [2.45, 2.75) is 38.5 Å². The summed E-state index contributed by atoms with van der Waals surface area (Å²) in [6.45, 7) is 7.80. The van der Waals surface area contributed by atoms with Crippen LogP contribution in [-0.2, 0) is 11.3 Å².